The van der Waals surface area contributed by atoms with E-state index in [2.05, 4.69) is 15.0 Å². The molecule has 0 aliphatic heterocycles. The molecule has 4 nitrogen and oxygen atoms in total. The van der Waals surface area contributed by atoms with Crippen LogP contribution in [0, 0.1) is 0 Å². The highest BCUT2D eigenvalue weighted by atomic mass is 16.1. The molecule has 0 aromatic carbocycles. The van der Waals surface area contributed by atoms with E-state index >= 15 is 0 Å². The van der Waals surface area contributed by atoms with Crippen molar-refractivity contribution >= 4 is 11.0 Å². The molecule has 2 aromatic rings. The molecule has 2 heterocycles. The molecule has 11 heavy (non-hydrogen) atoms. The molecular formula is C7H5N3O. The molecule has 0 saturated carbocycles. The van der Waals surface area contributed by atoms with Gasteiger partial charge in [-0.3, -0.25) is 4.79 Å². The van der Waals surface area contributed by atoms with E-state index in [9.17, 15) is 4.79 Å². The summed E-state index contributed by atoms with van der Waals surface area (Å²) in [7, 11) is 0. The highest BCUT2D eigenvalue weighted by Crippen LogP contribution is 2.00. The van der Waals surface area contributed by atoms with Gasteiger partial charge in [-0.2, -0.15) is 0 Å². The molecule has 2 rings (SSSR count). The van der Waals surface area contributed by atoms with Gasteiger partial charge in [0.15, 0.2) is 0 Å². The highest BCUT2D eigenvalue weighted by molar-refractivity contribution is 5.72. The Kier molecular flexibility index (Phi) is 0.982. The second-order valence-electron chi connectivity index (χ2n) is 2.06. The first-order chi connectivity index (χ1) is 5.77. The molecule has 2 aromatic heterocycles. The van der Waals surface area contributed by atoms with Crippen LogP contribution in [0.1, 0.15) is 1.37 Å². The number of nitrogens with one attached hydrogen (secondary N) is 1. The van der Waals surface area contributed by atoms with Gasteiger partial charge in [0.1, 0.15) is 12.0 Å². The van der Waals surface area contributed by atoms with Crippen molar-refractivity contribution in [3.8, 4) is 0 Å². The van der Waals surface area contributed by atoms with Crippen molar-refractivity contribution in [2.75, 3.05) is 0 Å². The predicted octanol–water partition coefficient (Wildman–Crippen LogP) is 0.318. The van der Waals surface area contributed by atoms with Crippen LogP contribution in [0.25, 0.3) is 11.0 Å². The van der Waals surface area contributed by atoms with Crippen molar-refractivity contribution in [2.45, 2.75) is 0 Å². The summed E-state index contributed by atoms with van der Waals surface area (Å²) in [5, 5.41) is 0.553. The fraction of sp³-hybridized carbons (Fsp3) is 0. The minimum absolute atomic E-state index is 0.148. The lowest BCUT2D eigenvalue weighted by Crippen LogP contribution is -2.03. The van der Waals surface area contributed by atoms with Gasteiger partial charge in [-0.25, -0.2) is 9.97 Å². The summed E-state index contributed by atoms with van der Waals surface area (Å²) >= 11 is 0. The number of pyridine rings is 1. The molecule has 0 aliphatic rings. The molecule has 0 atom stereocenters. The lowest BCUT2D eigenvalue weighted by molar-refractivity contribution is 1.16. The third kappa shape index (κ3) is 0.980. The van der Waals surface area contributed by atoms with Crippen molar-refractivity contribution in [1.82, 2.24) is 15.0 Å². The molecule has 54 valence electrons. The lowest BCUT2D eigenvalue weighted by atomic mass is 10.3. The Balaban J connectivity index is 2.99. The SMILES string of the molecule is [2H]c1cc(=O)[nH]c2ncncc12. The molecule has 0 amide bonds. The summed E-state index contributed by atoms with van der Waals surface area (Å²) in [4.78, 5) is 20.9. The van der Waals surface area contributed by atoms with Gasteiger partial charge in [0.05, 0.1) is 1.37 Å². The third-order valence-corrected chi connectivity index (χ3v) is 1.31. The molecule has 0 aliphatic carbocycles. The summed E-state index contributed by atoms with van der Waals surface area (Å²) < 4.78 is 7.40. The summed E-state index contributed by atoms with van der Waals surface area (Å²) in [5.74, 6) is 0. The van der Waals surface area contributed by atoms with Gasteiger partial charge in [0.25, 0.3) is 0 Å². The number of aromatic nitrogens is 3. The Bertz CT molecular complexity index is 479. The molecule has 0 saturated heterocycles. The summed E-state index contributed by atoms with van der Waals surface area (Å²) in [5.41, 5.74) is 0.0914. The number of nitrogens with zero attached hydrogens (tertiary/aromatic N) is 2. The van der Waals surface area contributed by atoms with E-state index in [0.29, 0.717) is 11.0 Å². The summed E-state index contributed by atoms with van der Waals surface area (Å²) in [6.45, 7) is 0. The fourth-order valence-corrected chi connectivity index (χ4v) is 0.831. The Morgan fingerprint density at radius 3 is 3.45 bits per heavy atom. The van der Waals surface area contributed by atoms with Crippen LogP contribution in [-0.2, 0) is 0 Å². The Morgan fingerprint density at radius 1 is 1.64 bits per heavy atom. The maximum absolute atomic E-state index is 10.9. The monoisotopic (exact) mass is 148 g/mol. The van der Waals surface area contributed by atoms with Gasteiger partial charge in [-0.05, 0) is 6.04 Å². The Hall–Kier alpha value is -1.71. The quantitative estimate of drug-likeness (QED) is 0.585. The van der Waals surface area contributed by atoms with E-state index in [1.807, 2.05) is 0 Å². The number of hydrogen-bond acceptors (Lipinski definition) is 3. The third-order valence-electron chi connectivity index (χ3n) is 1.31. The molecule has 1 N–H and O–H groups in total. The first kappa shape index (κ1) is 5.01. The van der Waals surface area contributed by atoms with E-state index in [4.69, 9.17) is 1.37 Å². The first-order valence-electron chi connectivity index (χ1n) is 3.57. The molecule has 0 spiro atoms. The number of aromatic amines is 1. The molecule has 4 heteroatoms. The largest absolute Gasteiger partial charge is 0.306 e. The van der Waals surface area contributed by atoms with Crippen LogP contribution in [0.5, 0.6) is 0 Å². The van der Waals surface area contributed by atoms with E-state index in [1.54, 1.807) is 0 Å². The van der Waals surface area contributed by atoms with Gasteiger partial charge in [0, 0.05) is 17.6 Å². The normalized spacial score (nSPS) is 11.5. The van der Waals surface area contributed by atoms with Crippen LogP contribution in [0.4, 0.5) is 0 Å². The van der Waals surface area contributed by atoms with Crippen LogP contribution in [0.2, 0.25) is 0 Å². The van der Waals surface area contributed by atoms with Crippen molar-refractivity contribution in [3.63, 3.8) is 0 Å². The fourth-order valence-electron chi connectivity index (χ4n) is 0.831. The predicted molar refractivity (Wildman–Crippen MR) is 40.2 cm³/mol. The van der Waals surface area contributed by atoms with Gasteiger partial charge in [-0.15, -0.1) is 0 Å². The van der Waals surface area contributed by atoms with E-state index < -0.39 is 0 Å². The van der Waals surface area contributed by atoms with Gasteiger partial charge in [0.2, 0.25) is 5.56 Å². The standard InChI is InChI=1S/C7H5N3O/c11-6-2-1-5-3-8-4-9-7(5)10-6/h1-4H,(H,8,9,10,11)/i1D. The second-order valence-corrected chi connectivity index (χ2v) is 2.06. The van der Waals surface area contributed by atoms with E-state index in [1.165, 1.54) is 18.6 Å². The van der Waals surface area contributed by atoms with Crippen molar-refractivity contribution in [1.29, 1.82) is 0 Å². The van der Waals surface area contributed by atoms with Crippen LogP contribution in [0.15, 0.2) is 29.4 Å². The highest BCUT2D eigenvalue weighted by Gasteiger charge is 1.91. The number of H-pyrrole nitrogens is 1. The van der Waals surface area contributed by atoms with E-state index in [0.717, 1.165) is 0 Å². The molecule has 0 radical (unpaired) electrons. The number of fused-ring (bicyclic) bond motifs is 1. The average molecular weight is 148 g/mol. The van der Waals surface area contributed by atoms with Crippen molar-refractivity contribution in [2.24, 2.45) is 0 Å². The van der Waals surface area contributed by atoms with Crippen LogP contribution in [0.3, 0.4) is 0 Å². The Morgan fingerprint density at radius 2 is 2.55 bits per heavy atom. The minimum atomic E-state index is -0.314. The summed E-state index contributed by atoms with van der Waals surface area (Å²) in [6, 6.07) is 1.35. The van der Waals surface area contributed by atoms with Crippen LogP contribution >= 0.6 is 0 Å². The smallest absolute Gasteiger partial charge is 0.249 e. The topological polar surface area (TPSA) is 58.6 Å². The van der Waals surface area contributed by atoms with Crippen LogP contribution in [-0.4, -0.2) is 15.0 Å². The summed E-state index contributed by atoms with van der Waals surface area (Å²) in [6.07, 6.45) is 2.83. The maximum atomic E-state index is 10.9. The van der Waals surface area contributed by atoms with Gasteiger partial charge >= 0.3 is 0 Å². The number of rotatable bonds is 0. The second kappa shape index (κ2) is 2.16. The first-order valence-corrected chi connectivity index (χ1v) is 3.07. The Labute approximate surface area is 63.3 Å². The lowest BCUT2D eigenvalue weighted by Gasteiger charge is -1.91. The zero-order valence-corrected chi connectivity index (χ0v) is 5.53. The zero-order chi connectivity index (χ0) is 8.55. The van der Waals surface area contributed by atoms with Gasteiger partial charge in [-0.1, -0.05) is 0 Å². The maximum Gasteiger partial charge on any atom is 0.249 e. The average Bonchev–Trinajstić information content (AvgIpc) is 2.04. The molecule has 0 fully saturated rings. The van der Waals surface area contributed by atoms with Crippen LogP contribution < -0.4 is 5.56 Å². The zero-order valence-electron chi connectivity index (χ0n) is 6.53. The molecule has 0 bridgehead atoms. The molecular weight excluding hydrogens is 142 g/mol. The molecule has 0 unspecified atom stereocenters. The van der Waals surface area contributed by atoms with E-state index in [-0.39, 0.29) is 11.6 Å². The van der Waals surface area contributed by atoms with Gasteiger partial charge < -0.3 is 4.98 Å². The minimum Gasteiger partial charge on any atom is -0.306 e. The number of hydrogen-bond donors (Lipinski definition) is 1. The van der Waals surface area contributed by atoms with Crippen molar-refractivity contribution in [3.05, 3.63) is 35.0 Å². The van der Waals surface area contributed by atoms with Crippen molar-refractivity contribution < 1.29 is 1.37 Å².